The second kappa shape index (κ2) is 12.5. The minimum Gasteiger partial charge on any atom is -0.429 e. The van der Waals surface area contributed by atoms with E-state index in [0.29, 0.717) is 21.1 Å². The molecule has 0 radical (unpaired) electrons. The van der Waals surface area contributed by atoms with Gasteiger partial charge in [-0.1, -0.05) is 28.5 Å². The van der Waals surface area contributed by atoms with E-state index < -0.39 is 42.5 Å². The number of nitrogens with one attached hydrogen (secondary N) is 2. The molecule has 3 amide bonds. The number of nitrogens with zero attached hydrogens (tertiary/aromatic N) is 2. The molecule has 0 aliphatic heterocycles. The maximum absolute atomic E-state index is 13.6. The van der Waals surface area contributed by atoms with Gasteiger partial charge in [0, 0.05) is 25.0 Å². The summed E-state index contributed by atoms with van der Waals surface area (Å²) in [7, 11) is 1.39. The first kappa shape index (κ1) is 27.8. The Morgan fingerprint density at radius 3 is 2.68 bits per heavy atom. The number of urea groups is 1. The molecule has 1 aromatic heterocycles. The molecule has 2 atom stereocenters. The van der Waals surface area contributed by atoms with E-state index in [0.717, 1.165) is 4.90 Å². The molecule has 3 aromatic rings. The summed E-state index contributed by atoms with van der Waals surface area (Å²) in [6.07, 6.45) is -1.07. The van der Waals surface area contributed by atoms with Crippen molar-refractivity contribution in [1.82, 2.24) is 10.2 Å². The summed E-state index contributed by atoms with van der Waals surface area (Å²) in [5, 5.41) is 34.9. The van der Waals surface area contributed by atoms with E-state index in [1.807, 2.05) is 0 Å². The Hall–Kier alpha value is -3.74. The number of ether oxygens (including phenoxy) is 1. The fourth-order valence-corrected chi connectivity index (χ4v) is 3.67. The Kier molecular flexibility index (Phi) is 9.39. The average Bonchev–Trinajstić information content (AvgIpc) is 2.87. The van der Waals surface area contributed by atoms with Crippen molar-refractivity contribution in [2.45, 2.75) is 25.1 Å². The molecule has 0 aliphatic carbocycles. The van der Waals surface area contributed by atoms with Crippen molar-refractivity contribution in [3.8, 4) is 0 Å². The molecular weight excluding hydrogens is 514 g/mol. The molecule has 0 bridgehead atoms. The first-order valence-corrected chi connectivity index (χ1v) is 11.5. The first-order valence-electron chi connectivity index (χ1n) is 11.1. The van der Waals surface area contributed by atoms with Gasteiger partial charge >= 0.3 is 17.9 Å². The van der Waals surface area contributed by atoms with Crippen molar-refractivity contribution in [2.24, 2.45) is 0 Å². The van der Waals surface area contributed by atoms with Crippen molar-refractivity contribution in [1.29, 1.82) is 0 Å². The number of amides is 3. The monoisotopic (exact) mass is 539 g/mol. The van der Waals surface area contributed by atoms with E-state index in [1.165, 1.54) is 49.6 Å². The molecule has 198 valence electrons. The second-order valence-electron chi connectivity index (χ2n) is 8.21. The lowest BCUT2D eigenvalue weighted by molar-refractivity contribution is -0.892. The number of carbonyl (C=O) groups is 2. The van der Waals surface area contributed by atoms with Crippen LogP contribution in [0.2, 0.25) is 5.02 Å². The molecule has 0 saturated heterocycles. The zero-order chi connectivity index (χ0) is 27.1. The van der Waals surface area contributed by atoms with E-state index in [1.54, 1.807) is 6.07 Å². The van der Waals surface area contributed by atoms with Crippen LogP contribution in [-0.2, 0) is 11.3 Å². The number of likely N-dealkylation sites (N-methyl/N-ethyl adjacent to an activating group) is 1. The van der Waals surface area contributed by atoms with Crippen LogP contribution in [0.4, 0.5) is 24.2 Å². The molecule has 2 aromatic carbocycles. The third-order valence-electron chi connectivity index (χ3n) is 5.57. The number of hydrogen-bond donors (Lipinski definition) is 5. The molecule has 0 unspecified atom stereocenters. The van der Waals surface area contributed by atoms with Crippen LogP contribution in [0.1, 0.15) is 12.0 Å². The van der Waals surface area contributed by atoms with Gasteiger partial charge in [0.1, 0.15) is 24.4 Å². The number of carbonyl (C=O) groups excluding carboxylic acids is 2. The molecule has 10 nitrogen and oxygen atoms in total. The Bertz CT molecular complexity index is 1280. The number of aromatic nitrogens is 1. The van der Waals surface area contributed by atoms with Crippen LogP contribution in [0.25, 0.3) is 10.8 Å². The Morgan fingerprint density at radius 2 is 1.95 bits per heavy atom. The van der Waals surface area contributed by atoms with E-state index in [4.69, 9.17) is 16.3 Å². The third-order valence-corrected chi connectivity index (χ3v) is 5.99. The predicted molar refractivity (Wildman–Crippen MR) is 129 cm³/mol. The Labute approximate surface area is 215 Å². The maximum atomic E-state index is 13.6. The number of halogens is 3. The normalized spacial score (nSPS) is 12.6. The number of fused-ring (bicyclic) bond motifs is 1. The van der Waals surface area contributed by atoms with E-state index in [9.17, 15) is 33.8 Å². The van der Waals surface area contributed by atoms with Crippen LogP contribution in [-0.4, -0.2) is 64.9 Å². The standard InChI is InChI=1S/C24H25ClF2N4O6/c1-30(23(34)28-10-14-3-2-4-20(27)22(14)25)18(9-19(33)12-32)13-37-24(35)29-21-8-16-7-17(26)6-5-15(16)11-31(21)36/h2-8,11,18-19,32-33,36H,9-10,12-13H2,1H3,(H,28,34)/p+1/t18-,19-/m0/s1. The molecule has 3 rings (SSSR count). The predicted octanol–water partition coefficient (Wildman–Crippen LogP) is 2.80. The van der Waals surface area contributed by atoms with Crippen LogP contribution >= 0.6 is 11.6 Å². The van der Waals surface area contributed by atoms with Gasteiger partial charge in [-0.15, -0.1) is 0 Å². The van der Waals surface area contributed by atoms with Crippen molar-refractivity contribution < 1.29 is 43.3 Å². The summed E-state index contributed by atoms with van der Waals surface area (Å²) in [6.45, 7) is -1.06. The number of aliphatic hydroxyl groups is 2. The van der Waals surface area contributed by atoms with Gasteiger partial charge in [0.15, 0.2) is 0 Å². The Morgan fingerprint density at radius 1 is 1.19 bits per heavy atom. The second-order valence-corrected chi connectivity index (χ2v) is 8.59. The van der Waals surface area contributed by atoms with Crippen LogP contribution in [0.5, 0.6) is 0 Å². The fourth-order valence-electron chi connectivity index (χ4n) is 3.48. The lowest BCUT2D eigenvalue weighted by Crippen LogP contribution is -2.47. The van der Waals surface area contributed by atoms with Crippen LogP contribution in [0.15, 0.2) is 48.7 Å². The lowest BCUT2D eigenvalue weighted by Gasteiger charge is -2.29. The quantitative estimate of drug-likeness (QED) is 0.210. The van der Waals surface area contributed by atoms with Gasteiger partial charge in [-0.25, -0.2) is 13.6 Å². The van der Waals surface area contributed by atoms with Gasteiger partial charge in [0.05, 0.1) is 23.8 Å². The van der Waals surface area contributed by atoms with Gasteiger partial charge in [-0.3, -0.25) is 0 Å². The minimum absolute atomic E-state index is 0.0879. The highest BCUT2D eigenvalue weighted by molar-refractivity contribution is 6.31. The van der Waals surface area contributed by atoms with Gasteiger partial charge in [0.2, 0.25) is 0 Å². The lowest BCUT2D eigenvalue weighted by atomic mass is 10.1. The number of rotatable bonds is 9. The fraction of sp³-hybridized carbons (Fsp3) is 0.292. The van der Waals surface area contributed by atoms with Gasteiger partial charge in [-0.2, -0.15) is 10.1 Å². The molecule has 0 aliphatic rings. The van der Waals surface area contributed by atoms with Crippen molar-refractivity contribution in [3.63, 3.8) is 0 Å². The van der Waals surface area contributed by atoms with Crippen LogP contribution < -0.4 is 15.4 Å². The molecule has 0 fully saturated rings. The zero-order valence-electron chi connectivity index (χ0n) is 19.7. The molecule has 5 N–H and O–H groups in total. The van der Waals surface area contributed by atoms with E-state index >= 15 is 0 Å². The number of anilines is 1. The van der Waals surface area contributed by atoms with Crippen molar-refractivity contribution in [2.75, 3.05) is 25.6 Å². The summed E-state index contributed by atoms with van der Waals surface area (Å²) < 4.78 is 33.0. The third kappa shape index (κ3) is 7.38. The highest BCUT2D eigenvalue weighted by Gasteiger charge is 2.26. The minimum atomic E-state index is -1.21. The van der Waals surface area contributed by atoms with Gasteiger partial charge < -0.3 is 30.4 Å². The van der Waals surface area contributed by atoms with Gasteiger partial charge in [0.25, 0.3) is 0 Å². The molecule has 1 heterocycles. The summed E-state index contributed by atoms with van der Waals surface area (Å²) in [5.41, 5.74) is 0.346. The van der Waals surface area contributed by atoms with Crippen LogP contribution in [0, 0.1) is 11.6 Å². The van der Waals surface area contributed by atoms with Crippen molar-refractivity contribution in [3.05, 3.63) is 70.9 Å². The SMILES string of the molecule is CN(C(=O)NCc1cccc(F)c1Cl)[C@H](COC(=O)Nc1cc2cc(F)ccc2c[n+]1O)C[C@H](O)CO. The number of hydrogen-bond acceptors (Lipinski definition) is 6. The van der Waals surface area contributed by atoms with Gasteiger partial charge in [-0.05, 0) is 41.6 Å². The molecule has 37 heavy (non-hydrogen) atoms. The summed E-state index contributed by atoms with van der Waals surface area (Å²) in [5.74, 6) is -1.23. The molecular formula is C24H26ClF2N4O6+. The first-order chi connectivity index (χ1) is 17.6. The molecule has 0 saturated carbocycles. The number of aliphatic hydroxyl groups excluding tert-OH is 2. The zero-order valence-corrected chi connectivity index (χ0v) is 20.5. The topological polar surface area (TPSA) is 135 Å². The highest BCUT2D eigenvalue weighted by atomic mass is 35.5. The highest BCUT2D eigenvalue weighted by Crippen LogP contribution is 2.20. The molecule has 0 spiro atoms. The maximum Gasteiger partial charge on any atom is 0.505 e. The van der Waals surface area contributed by atoms with E-state index in [2.05, 4.69) is 10.6 Å². The average molecular weight is 540 g/mol. The number of pyridine rings is 1. The summed E-state index contributed by atoms with van der Waals surface area (Å²) >= 11 is 5.91. The van der Waals surface area contributed by atoms with E-state index in [-0.39, 0.29) is 30.4 Å². The van der Waals surface area contributed by atoms with Crippen LogP contribution in [0.3, 0.4) is 0 Å². The molecule has 13 heteroatoms. The summed E-state index contributed by atoms with van der Waals surface area (Å²) in [4.78, 5) is 26.2. The van der Waals surface area contributed by atoms with Crippen molar-refractivity contribution >= 4 is 40.3 Å². The largest absolute Gasteiger partial charge is 0.505 e. The summed E-state index contributed by atoms with van der Waals surface area (Å²) in [6, 6.07) is 7.91. The number of benzene rings is 2. The smallest absolute Gasteiger partial charge is 0.429 e. The Balaban J connectivity index is 1.64.